The summed E-state index contributed by atoms with van der Waals surface area (Å²) in [6, 6.07) is 16.3. The summed E-state index contributed by atoms with van der Waals surface area (Å²) in [5.41, 5.74) is 2.91. The molecule has 0 spiro atoms. The minimum atomic E-state index is -1.74. The van der Waals surface area contributed by atoms with Gasteiger partial charge in [-0.2, -0.15) is 0 Å². The number of nitrogens with one attached hydrogen (secondary N) is 1. The van der Waals surface area contributed by atoms with Gasteiger partial charge in [0.15, 0.2) is 5.60 Å². The Labute approximate surface area is 197 Å². The van der Waals surface area contributed by atoms with E-state index in [1.165, 1.54) is 11.1 Å². The van der Waals surface area contributed by atoms with Crippen LogP contribution in [0, 0.1) is 11.8 Å². The lowest BCUT2D eigenvalue weighted by atomic mass is 9.91. The molecule has 8 nitrogen and oxygen atoms in total. The number of carboxylic acids is 1. The van der Waals surface area contributed by atoms with Crippen LogP contribution in [0.2, 0.25) is 0 Å². The van der Waals surface area contributed by atoms with Crippen molar-refractivity contribution in [1.82, 2.24) is 10.2 Å². The lowest BCUT2D eigenvalue weighted by molar-refractivity contribution is -0.165. The van der Waals surface area contributed by atoms with Crippen LogP contribution in [-0.4, -0.2) is 64.9 Å². The van der Waals surface area contributed by atoms with Gasteiger partial charge in [-0.1, -0.05) is 48.5 Å². The zero-order valence-corrected chi connectivity index (χ0v) is 18.8. The second kappa shape index (κ2) is 8.76. The van der Waals surface area contributed by atoms with Crippen LogP contribution in [0.5, 0.6) is 0 Å². The smallest absolute Gasteiger partial charge is 0.407 e. The number of piperidine rings is 1. The fraction of sp³-hybridized carbons (Fsp3) is 0.423. The number of aliphatic carboxylic acids is 1. The molecule has 2 aromatic rings. The molecule has 2 aromatic carbocycles. The Hall–Kier alpha value is -3.39. The highest BCUT2D eigenvalue weighted by Crippen LogP contribution is 2.44. The molecule has 1 aliphatic heterocycles. The van der Waals surface area contributed by atoms with Gasteiger partial charge in [-0.3, -0.25) is 4.79 Å². The van der Waals surface area contributed by atoms with Crippen molar-refractivity contribution in [3.05, 3.63) is 59.7 Å². The van der Waals surface area contributed by atoms with Crippen LogP contribution in [0.1, 0.15) is 36.3 Å². The number of aliphatic hydroxyl groups is 1. The number of hydrogen-bond donors (Lipinski definition) is 3. The minimum Gasteiger partial charge on any atom is -0.479 e. The Balaban J connectivity index is 1.08. The van der Waals surface area contributed by atoms with Gasteiger partial charge in [0, 0.05) is 44.3 Å². The standard InChI is InChI=1S/C26H28N2O6/c29-23(28-11-9-26(33,10-12-28)24(30)31)21-13-16(21)14-27-25(32)34-15-22-19-7-3-1-5-17(19)18-6-2-4-8-20(18)22/h1-8,16,21-22,33H,9-15H2,(H,27,32)(H,30,31). The number of fused-ring (bicyclic) bond motifs is 3. The maximum atomic E-state index is 12.7. The summed E-state index contributed by atoms with van der Waals surface area (Å²) in [5, 5.41) is 21.9. The van der Waals surface area contributed by atoms with E-state index in [0.29, 0.717) is 13.0 Å². The number of likely N-dealkylation sites (tertiary alicyclic amines) is 1. The molecular weight excluding hydrogens is 436 g/mol. The van der Waals surface area contributed by atoms with Gasteiger partial charge in [0.05, 0.1) is 0 Å². The average Bonchev–Trinajstić information content (AvgIpc) is 3.56. The van der Waals surface area contributed by atoms with E-state index in [4.69, 9.17) is 9.84 Å². The van der Waals surface area contributed by atoms with Crippen LogP contribution in [-0.2, 0) is 14.3 Å². The number of carbonyl (C=O) groups is 3. The molecule has 3 N–H and O–H groups in total. The van der Waals surface area contributed by atoms with Crippen molar-refractivity contribution in [2.45, 2.75) is 30.8 Å². The number of alkyl carbamates (subject to hydrolysis) is 1. The number of ether oxygens (including phenoxy) is 1. The Kier molecular flexibility index (Phi) is 5.77. The first kappa shape index (κ1) is 22.4. The number of rotatable bonds is 6. The van der Waals surface area contributed by atoms with Gasteiger partial charge in [0.1, 0.15) is 6.61 Å². The zero-order chi connectivity index (χ0) is 23.9. The Bertz CT molecular complexity index is 1080. The Morgan fingerprint density at radius 3 is 2.18 bits per heavy atom. The topological polar surface area (TPSA) is 116 Å². The maximum Gasteiger partial charge on any atom is 0.407 e. The average molecular weight is 465 g/mol. The molecule has 2 unspecified atom stereocenters. The van der Waals surface area contributed by atoms with Gasteiger partial charge < -0.3 is 25.2 Å². The highest BCUT2D eigenvalue weighted by Gasteiger charge is 2.47. The lowest BCUT2D eigenvalue weighted by Crippen LogP contribution is -2.51. The van der Waals surface area contributed by atoms with E-state index in [0.717, 1.165) is 11.1 Å². The van der Waals surface area contributed by atoms with Gasteiger partial charge in [-0.25, -0.2) is 9.59 Å². The van der Waals surface area contributed by atoms with E-state index in [1.807, 2.05) is 24.3 Å². The van der Waals surface area contributed by atoms with E-state index in [9.17, 15) is 19.5 Å². The second-order valence-corrected chi connectivity index (χ2v) is 9.47. The molecule has 0 aromatic heterocycles. The van der Waals surface area contributed by atoms with Crippen LogP contribution in [0.25, 0.3) is 11.1 Å². The number of benzene rings is 2. The zero-order valence-electron chi connectivity index (χ0n) is 18.8. The summed E-state index contributed by atoms with van der Waals surface area (Å²) in [6.07, 6.45) is 0.249. The molecule has 2 atom stereocenters. The van der Waals surface area contributed by atoms with Gasteiger partial charge >= 0.3 is 12.1 Å². The number of nitrogens with zero attached hydrogens (tertiary/aromatic N) is 1. The molecule has 1 saturated heterocycles. The summed E-state index contributed by atoms with van der Waals surface area (Å²) in [7, 11) is 0. The molecule has 178 valence electrons. The van der Waals surface area contributed by atoms with Crippen LogP contribution >= 0.6 is 0 Å². The minimum absolute atomic E-state index is 0.00282. The molecule has 34 heavy (non-hydrogen) atoms. The summed E-state index contributed by atoms with van der Waals surface area (Å²) < 4.78 is 5.55. The van der Waals surface area contributed by atoms with Crippen molar-refractivity contribution in [1.29, 1.82) is 0 Å². The first-order valence-corrected chi connectivity index (χ1v) is 11.7. The number of carboxylic acid groups (broad SMARTS) is 1. The maximum absolute atomic E-state index is 12.7. The molecule has 3 aliphatic rings. The molecule has 2 aliphatic carbocycles. The Morgan fingerprint density at radius 2 is 1.59 bits per heavy atom. The number of amides is 2. The third kappa shape index (κ3) is 4.14. The molecule has 5 rings (SSSR count). The van der Waals surface area contributed by atoms with Crippen molar-refractivity contribution in [2.24, 2.45) is 11.8 Å². The predicted octanol–water partition coefficient (Wildman–Crippen LogP) is 2.60. The van der Waals surface area contributed by atoms with Gasteiger partial charge in [-0.05, 0) is 34.6 Å². The van der Waals surface area contributed by atoms with E-state index in [2.05, 4.69) is 29.6 Å². The SMILES string of the molecule is O=C(NCC1CC1C(=O)N1CCC(O)(C(=O)O)CC1)OCC1c2ccccc2-c2ccccc21. The summed E-state index contributed by atoms with van der Waals surface area (Å²) >= 11 is 0. The normalized spacial score (nSPS) is 22.4. The molecule has 1 saturated carbocycles. The van der Waals surface area contributed by atoms with E-state index in [1.54, 1.807) is 4.90 Å². The van der Waals surface area contributed by atoms with Crippen LogP contribution < -0.4 is 5.32 Å². The van der Waals surface area contributed by atoms with Crippen molar-refractivity contribution in [3.8, 4) is 11.1 Å². The van der Waals surface area contributed by atoms with Crippen molar-refractivity contribution < 1.29 is 29.3 Å². The third-order valence-electron chi connectivity index (χ3n) is 7.39. The van der Waals surface area contributed by atoms with Crippen molar-refractivity contribution in [3.63, 3.8) is 0 Å². The van der Waals surface area contributed by atoms with Gasteiger partial charge in [-0.15, -0.1) is 0 Å². The van der Waals surface area contributed by atoms with Gasteiger partial charge in [0.25, 0.3) is 0 Å². The first-order chi connectivity index (χ1) is 16.4. The lowest BCUT2D eigenvalue weighted by Gasteiger charge is -2.35. The molecular formula is C26H28N2O6. The summed E-state index contributed by atoms with van der Waals surface area (Å²) in [4.78, 5) is 37.8. The van der Waals surface area contributed by atoms with Crippen LogP contribution in [0.3, 0.4) is 0 Å². The number of carbonyl (C=O) groups excluding carboxylic acids is 2. The molecule has 2 fully saturated rings. The van der Waals surface area contributed by atoms with Crippen molar-refractivity contribution in [2.75, 3.05) is 26.2 Å². The molecule has 8 heteroatoms. The van der Waals surface area contributed by atoms with Crippen LogP contribution in [0.4, 0.5) is 4.79 Å². The fourth-order valence-corrected chi connectivity index (χ4v) is 5.18. The number of hydrogen-bond acceptors (Lipinski definition) is 5. The molecule has 2 amide bonds. The largest absolute Gasteiger partial charge is 0.479 e. The van der Waals surface area contributed by atoms with E-state index >= 15 is 0 Å². The molecule has 0 bridgehead atoms. The molecule has 1 heterocycles. The summed E-state index contributed by atoms with van der Waals surface area (Å²) in [6.45, 7) is 1.06. The third-order valence-corrected chi connectivity index (χ3v) is 7.39. The van der Waals surface area contributed by atoms with E-state index in [-0.39, 0.29) is 56.2 Å². The van der Waals surface area contributed by atoms with Gasteiger partial charge in [0.2, 0.25) is 5.91 Å². The van der Waals surface area contributed by atoms with Crippen LogP contribution in [0.15, 0.2) is 48.5 Å². The Morgan fingerprint density at radius 1 is 1.00 bits per heavy atom. The summed E-state index contributed by atoms with van der Waals surface area (Å²) in [5.74, 6) is -1.40. The highest BCUT2D eigenvalue weighted by atomic mass is 16.5. The quantitative estimate of drug-likeness (QED) is 0.605. The monoisotopic (exact) mass is 464 g/mol. The fourth-order valence-electron chi connectivity index (χ4n) is 5.18. The second-order valence-electron chi connectivity index (χ2n) is 9.47. The van der Waals surface area contributed by atoms with Crippen molar-refractivity contribution >= 4 is 18.0 Å². The van der Waals surface area contributed by atoms with E-state index < -0.39 is 17.7 Å². The first-order valence-electron chi connectivity index (χ1n) is 11.7. The highest BCUT2D eigenvalue weighted by molar-refractivity contribution is 5.83. The predicted molar refractivity (Wildman–Crippen MR) is 123 cm³/mol. The molecule has 0 radical (unpaired) electrons.